The average molecular weight is 236 g/mol. The van der Waals surface area contributed by atoms with Crippen LogP contribution in [0.3, 0.4) is 0 Å². The molecule has 1 N–H and O–H groups in total. The molecule has 1 saturated heterocycles. The van der Waals surface area contributed by atoms with E-state index in [9.17, 15) is 14.9 Å². The number of non-ortho nitro benzene ring substituents is 1. The molecule has 0 aliphatic carbocycles. The van der Waals surface area contributed by atoms with Gasteiger partial charge in [-0.15, -0.1) is 0 Å². The van der Waals surface area contributed by atoms with Gasteiger partial charge in [0.1, 0.15) is 6.10 Å². The molecule has 1 aliphatic rings. The third kappa shape index (κ3) is 2.66. The monoisotopic (exact) mass is 236 g/mol. The van der Waals surface area contributed by atoms with Crippen LogP contribution < -0.4 is 5.32 Å². The van der Waals surface area contributed by atoms with Crippen molar-refractivity contribution in [3.05, 3.63) is 39.9 Å². The first-order valence-electron chi connectivity index (χ1n) is 5.29. The molecule has 2 rings (SSSR count). The summed E-state index contributed by atoms with van der Waals surface area (Å²) in [4.78, 5) is 21.9. The number of rotatable bonds is 3. The van der Waals surface area contributed by atoms with Crippen molar-refractivity contribution >= 4 is 11.5 Å². The second-order valence-electron chi connectivity index (χ2n) is 3.73. The van der Waals surface area contributed by atoms with Crippen molar-refractivity contribution in [3.63, 3.8) is 0 Å². The number of nitrogens with zero attached hydrogens (tertiary/aromatic N) is 1. The lowest BCUT2D eigenvalue weighted by Crippen LogP contribution is -2.43. The topological polar surface area (TPSA) is 81.5 Å². The van der Waals surface area contributed by atoms with E-state index in [-0.39, 0.29) is 11.5 Å². The van der Waals surface area contributed by atoms with Gasteiger partial charge in [0.05, 0.1) is 11.5 Å². The summed E-state index contributed by atoms with van der Waals surface area (Å²) < 4.78 is 5.33. The van der Waals surface area contributed by atoms with E-state index in [1.165, 1.54) is 24.3 Å². The third-order valence-electron chi connectivity index (χ3n) is 2.58. The minimum Gasteiger partial charge on any atom is -0.367 e. The number of hydrogen-bond acceptors (Lipinski definition) is 5. The van der Waals surface area contributed by atoms with Gasteiger partial charge in [-0.05, 0) is 12.1 Å². The highest BCUT2D eigenvalue weighted by atomic mass is 16.6. The Bertz CT molecular complexity index is 424. The van der Waals surface area contributed by atoms with Crippen LogP contribution >= 0.6 is 0 Å². The number of carbonyl (C=O) groups excluding carboxylic acids is 1. The van der Waals surface area contributed by atoms with Crippen LogP contribution in [-0.2, 0) is 4.74 Å². The Morgan fingerprint density at radius 3 is 2.65 bits per heavy atom. The molecule has 0 bridgehead atoms. The SMILES string of the molecule is O=C(c1ccc([N+](=O)[O-])cc1)C1CNCCO1. The zero-order valence-electron chi connectivity index (χ0n) is 9.09. The fraction of sp³-hybridized carbons (Fsp3) is 0.364. The van der Waals surface area contributed by atoms with Gasteiger partial charge in [-0.3, -0.25) is 14.9 Å². The molecular formula is C11H12N2O4. The minimum absolute atomic E-state index is 0.0239. The highest BCUT2D eigenvalue weighted by Crippen LogP contribution is 2.14. The number of ketones is 1. The molecule has 17 heavy (non-hydrogen) atoms. The normalized spacial score (nSPS) is 19.9. The van der Waals surface area contributed by atoms with Gasteiger partial charge in [-0.25, -0.2) is 0 Å². The molecule has 0 amide bonds. The van der Waals surface area contributed by atoms with Crippen molar-refractivity contribution in [1.29, 1.82) is 0 Å². The number of nitro groups is 1. The van der Waals surface area contributed by atoms with E-state index in [4.69, 9.17) is 4.74 Å². The number of morpholine rings is 1. The van der Waals surface area contributed by atoms with Crippen LogP contribution in [0.2, 0.25) is 0 Å². The Labute approximate surface area is 97.7 Å². The molecule has 0 aromatic heterocycles. The molecule has 6 heteroatoms. The van der Waals surface area contributed by atoms with Gasteiger partial charge in [-0.2, -0.15) is 0 Å². The summed E-state index contributed by atoms with van der Waals surface area (Å²) in [5.41, 5.74) is 0.411. The van der Waals surface area contributed by atoms with Crippen molar-refractivity contribution in [1.82, 2.24) is 5.32 Å². The van der Waals surface area contributed by atoms with E-state index < -0.39 is 11.0 Å². The van der Waals surface area contributed by atoms with Gasteiger partial charge < -0.3 is 10.1 Å². The van der Waals surface area contributed by atoms with Gasteiger partial charge in [0.2, 0.25) is 0 Å². The smallest absolute Gasteiger partial charge is 0.269 e. The largest absolute Gasteiger partial charge is 0.367 e. The van der Waals surface area contributed by atoms with E-state index >= 15 is 0 Å². The number of benzene rings is 1. The summed E-state index contributed by atoms with van der Waals surface area (Å²) >= 11 is 0. The fourth-order valence-corrected chi connectivity index (χ4v) is 1.67. The van der Waals surface area contributed by atoms with Crippen LogP contribution in [-0.4, -0.2) is 36.5 Å². The molecule has 1 fully saturated rings. The van der Waals surface area contributed by atoms with Crippen LogP contribution in [0.15, 0.2) is 24.3 Å². The Balaban J connectivity index is 2.10. The first kappa shape index (κ1) is 11.7. The molecule has 1 heterocycles. The van der Waals surface area contributed by atoms with Crippen molar-refractivity contribution in [2.45, 2.75) is 6.10 Å². The van der Waals surface area contributed by atoms with Gasteiger partial charge in [0, 0.05) is 30.8 Å². The molecule has 0 spiro atoms. The summed E-state index contributed by atoms with van der Waals surface area (Å²) in [6.45, 7) is 1.73. The Hall–Kier alpha value is -1.79. The predicted molar refractivity (Wildman–Crippen MR) is 60.0 cm³/mol. The summed E-state index contributed by atoms with van der Waals surface area (Å²) in [5, 5.41) is 13.5. The summed E-state index contributed by atoms with van der Waals surface area (Å²) in [6, 6.07) is 5.56. The molecule has 1 unspecified atom stereocenters. The predicted octanol–water partition coefficient (Wildman–Crippen LogP) is 0.766. The second-order valence-corrected chi connectivity index (χ2v) is 3.73. The molecule has 1 aromatic carbocycles. The highest BCUT2D eigenvalue weighted by molar-refractivity contribution is 5.99. The van der Waals surface area contributed by atoms with E-state index in [1.54, 1.807) is 0 Å². The molecular weight excluding hydrogens is 224 g/mol. The van der Waals surface area contributed by atoms with Crippen LogP contribution in [0.5, 0.6) is 0 Å². The van der Waals surface area contributed by atoms with Crippen LogP contribution in [0.25, 0.3) is 0 Å². The zero-order valence-corrected chi connectivity index (χ0v) is 9.09. The van der Waals surface area contributed by atoms with Crippen LogP contribution in [0.4, 0.5) is 5.69 Å². The lowest BCUT2D eigenvalue weighted by molar-refractivity contribution is -0.384. The van der Waals surface area contributed by atoms with Gasteiger partial charge in [0.25, 0.3) is 5.69 Å². The molecule has 1 atom stereocenters. The van der Waals surface area contributed by atoms with Gasteiger partial charge in [0.15, 0.2) is 5.78 Å². The van der Waals surface area contributed by atoms with Crippen molar-refractivity contribution < 1.29 is 14.5 Å². The number of nitrogens with one attached hydrogen (secondary N) is 1. The van der Waals surface area contributed by atoms with E-state index in [0.717, 1.165) is 6.54 Å². The maximum absolute atomic E-state index is 11.9. The summed E-state index contributed by atoms with van der Waals surface area (Å²) in [6.07, 6.45) is -0.495. The van der Waals surface area contributed by atoms with E-state index in [1.807, 2.05) is 0 Å². The Morgan fingerprint density at radius 2 is 2.12 bits per heavy atom. The lowest BCUT2D eigenvalue weighted by Gasteiger charge is -2.22. The van der Waals surface area contributed by atoms with Gasteiger partial charge >= 0.3 is 0 Å². The Kier molecular flexibility index (Phi) is 3.46. The molecule has 6 nitrogen and oxygen atoms in total. The van der Waals surface area contributed by atoms with Crippen molar-refractivity contribution in [2.24, 2.45) is 0 Å². The quantitative estimate of drug-likeness (QED) is 0.476. The summed E-state index contributed by atoms with van der Waals surface area (Å²) in [7, 11) is 0. The first-order chi connectivity index (χ1) is 8.18. The third-order valence-corrected chi connectivity index (χ3v) is 2.58. The minimum atomic E-state index is -0.495. The standard InChI is InChI=1S/C11H12N2O4/c14-11(10-7-12-5-6-17-10)8-1-3-9(4-2-8)13(15)16/h1-4,10,12H,5-7H2. The van der Waals surface area contributed by atoms with Crippen LogP contribution in [0, 0.1) is 10.1 Å². The van der Waals surface area contributed by atoms with Crippen LogP contribution in [0.1, 0.15) is 10.4 Å². The molecule has 90 valence electrons. The number of carbonyl (C=O) groups is 1. The highest BCUT2D eigenvalue weighted by Gasteiger charge is 2.23. The molecule has 0 radical (unpaired) electrons. The van der Waals surface area contributed by atoms with Crippen molar-refractivity contribution in [2.75, 3.05) is 19.7 Å². The average Bonchev–Trinajstić information content (AvgIpc) is 2.39. The first-order valence-corrected chi connectivity index (χ1v) is 5.29. The zero-order chi connectivity index (χ0) is 12.3. The maximum atomic E-state index is 11.9. The van der Waals surface area contributed by atoms with Crippen molar-refractivity contribution in [3.8, 4) is 0 Å². The molecule has 1 aromatic rings. The molecule has 1 aliphatic heterocycles. The Morgan fingerprint density at radius 1 is 1.41 bits per heavy atom. The second kappa shape index (κ2) is 5.03. The van der Waals surface area contributed by atoms with E-state index in [0.29, 0.717) is 18.7 Å². The number of nitro benzene ring substituents is 1. The maximum Gasteiger partial charge on any atom is 0.269 e. The summed E-state index contributed by atoms with van der Waals surface area (Å²) in [5.74, 6) is -0.146. The fourth-order valence-electron chi connectivity index (χ4n) is 1.67. The van der Waals surface area contributed by atoms with E-state index in [2.05, 4.69) is 5.32 Å². The van der Waals surface area contributed by atoms with Gasteiger partial charge in [-0.1, -0.05) is 0 Å². The number of Topliss-reactive ketones (excluding diaryl/α,β-unsaturated/α-hetero) is 1. The number of ether oxygens (including phenoxy) is 1. The lowest BCUT2D eigenvalue weighted by atomic mass is 10.1. The number of hydrogen-bond donors (Lipinski definition) is 1. The molecule has 0 saturated carbocycles.